The van der Waals surface area contributed by atoms with Crippen molar-refractivity contribution < 1.29 is 4.74 Å². The number of benzene rings is 1. The molecule has 0 fully saturated rings. The summed E-state index contributed by atoms with van der Waals surface area (Å²) in [4.78, 5) is 0. The van der Waals surface area contributed by atoms with Gasteiger partial charge in [0.25, 0.3) is 0 Å². The van der Waals surface area contributed by atoms with Gasteiger partial charge in [-0.3, -0.25) is 0 Å². The minimum absolute atomic E-state index is 0.842. The van der Waals surface area contributed by atoms with Crippen LogP contribution in [0.1, 0.15) is 11.3 Å². The Kier molecular flexibility index (Phi) is 2.64. The third-order valence-corrected chi connectivity index (χ3v) is 3.57. The van der Waals surface area contributed by atoms with Crippen LogP contribution in [-0.4, -0.2) is 16.9 Å². The molecule has 0 bridgehead atoms. The van der Waals surface area contributed by atoms with Gasteiger partial charge in [0, 0.05) is 24.7 Å². The highest BCUT2D eigenvalue weighted by atomic mass is 79.9. The van der Waals surface area contributed by atoms with Gasteiger partial charge in [0.1, 0.15) is 10.4 Å². The molecule has 5 heteroatoms. The number of nitrogens with one attached hydrogen (secondary N) is 1. The Morgan fingerprint density at radius 2 is 2.29 bits per heavy atom. The first-order valence-corrected chi connectivity index (χ1v) is 6.20. The van der Waals surface area contributed by atoms with Gasteiger partial charge in [-0.2, -0.15) is 5.10 Å². The maximum atomic E-state index is 5.23. The zero-order chi connectivity index (χ0) is 11.8. The van der Waals surface area contributed by atoms with E-state index in [9.17, 15) is 0 Å². The number of nitrogens with zero attached hydrogens (tertiary/aromatic N) is 2. The molecule has 1 aliphatic rings. The Morgan fingerprint density at radius 3 is 3.12 bits per heavy atom. The van der Waals surface area contributed by atoms with Crippen molar-refractivity contribution in [3.8, 4) is 11.4 Å². The average Bonchev–Trinajstić information content (AvgIpc) is 2.94. The molecule has 0 atom stereocenters. The molecule has 88 valence electrons. The monoisotopic (exact) mass is 293 g/mol. The van der Waals surface area contributed by atoms with Gasteiger partial charge in [0.2, 0.25) is 0 Å². The summed E-state index contributed by atoms with van der Waals surface area (Å²) in [6.45, 7) is 1.73. The molecule has 0 saturated carbocycles. The summed E-state index contributed by atoms with van der Waals surface area (Å²) in [5, 5.41) is 7.84. The first-order valence-electron chi connectivity index (χ1n) is 5.41. The van der Waals surface area contributed by atoms with Gasteiger partial charge in [-0.15, -0.1) is 0 Å². The largest absolute Gasteiger partial charge is 0.497 e. The number of hydrogen-bond donors (Lipinski definition) is 1. The van der Waals surface area contributed by atoms with Crippen LogP contribution in [0.4, 0.5) is 0 Å². The van der Waals surface area contributed by atoms with Gasteiger partial charge in [-0.25, -0.2) is 4.68 Å². The van der Waals surface area contributed by atoms with Crippen molar-refractivity contribution in [3.05, 3.63) is 40.1 Å². The van der Waals surface area contributed by atoms with Crippen molar-refractivity contribution in [2.24, 2.45) is 0 Å². The van der Waals surface area contributed by atoms with Gasteiger partial charge in [0.15, 0.2) is 0 Å². The molecule has 0 unspecified atom stereocenters. The molecule has 0 spiro atoms. The second kappa shape index (κ2) is 4.16. The van der Waals surface area contributed by atoms with E-state index in [0.717, 1.165) is 29.1 Å². The second-order valence-corrected chi connectivity index (χ2v) is 4.68. The first kappa shape index (κ1) is 10.8. The van der Waals surface area contributed by atoms with E-state index in [1.807, 2.05) is 28.9 Å². The zero-order valence-corrected chi connectivity index (χ0v) is 11.0. The van der Waals surface area contributed by atoms with Gasteiger partial charge >= 0.3 is 0 Å². The van der Waals surface area contributed by atoms with Gasteiger partial charge in [-0.1, -0.05) is 6.07 Å². The minimum atomic E-state index is 0.842. The Hall–Kier alpha value is -1.33. The topological polar surface area (TPSA) is 39.1 Å². The van der Waals surface area contributed by atoms with Crippen molar-refractivity contribution >= 4 is 15.9 Å². The maximum Gasteiger partial charge on any atom is 0.133 e. The zero-order valence-electron chi connectivity index (χ0n) is 9.40. The number of methoxy groups -OCH3 is 1. The van der Waals surface area contributed by atoms with Crippen molar-refractivity contribution in [2.45, 2.75) is 13.1 Å². The predicted molar refractivity (Wildman–Crippen MR) is 68.4 cm³/mol. The molecule has 1 aromatic heterocycles. The third kappa shape index (κ3) is 1.75. The lowest BCUT2D eigenvalue weighted by atomic mass is 10.2. The molecule has 0 aliphatic carbocycles. The van der Waals surface area contributed by atoms with Crippen LogP contribution in [0.15, 0.2) is 28.9 Å². The molecule has 0 amide bonds. The Morgan fingerprint density at radius 1 is 1.41 bits per heavy atom. The Balaban J connectivity index is 2.12. The summed E-state index contributed by atoms with van der Waals surface area (Å²) in [5.74, 6) is 0.842. The molecule has 1 aliphatic heterocycles. The predicted octanol–water partition coefficient (Wildman–Crippen LogP) is 2.25. The molecule has 17 heavy (non-hydrogen) atoms. The lowest BCUT2D eigenvalue weighted by Crippen LogP contribution is -2.07. The Bertz CT molecular complexity index is 565. The highest BCUT2D eigenvalue weighted by Crippen LogP contribution is 2.27. The van der Waals surface area contributed by atoms with E-state index in [4.69, 9.17) is 4.74 Å². The quantitative estimate of drug-likeness (QED) is 0.923. The van der Waals surface area contributed by atoms with Gasteiger partial charge < -0.3 is 10.1 Å². The smallest absolute Gasteiger partial charge is 0.133 e. The number of ether oxygens (including phenoxy) is 1. The molecular formula is C12H12BrN3O. The molecular weight excluding hydrogens is 282 g/mol. The second-order valence-electron chi connectivity index (χ2n) is 3.93. The van der Waals surface area contributed by atoms with Gasteiger partial charge in [0.05, 0.1) is 18.5 Å². The fourth-order valence-corrected chi connectivity index (χ4v) is 2.60. The maximum absolute atomic E-state index is 5.23. The van der Waals surface area contributed by atoms with E-state index in [1.54, 1.807) is 7.11 Å². The first-order chi connectivity index (χ1) is 8.29. The summed E-state index contributed by atoms with van der Waals surface area (Å²) >= 11 is 3.50. The number of halogens is 1. The van der Waals surface area contributed by atoms with Crippen LogP contribution < -0.4 is 10.1 Å². The SMILES string of the molecule is COc1cccc(-n2nc(Br)c3c2CNC3)c1. The van der Waals surface area contributed by atoms with Crippen LogP contribution >= 0.6 is 15.9 Å². The minimum Gasteiger partial charge on any atom is -0.497 e. The molecule has 2 heterocycles. The fraction of sp³-hybridized carbons (Fsp3) is 0.250. The van der Waals surface area contributed by atoms with Crippen LogP contribution in [0.3, 0.4) is 0 Å². The van der Waals surface area contributed by atoms with E-state index >= 15 is 0 Å². The van der Waals surface area contributed by atoms with Crippen LogP contribution in [0.5, 0.6) is 5.75 Å². The van der Waals surface area contributed by atoms with Crippen molar-refractivity contribution in [1.29, 1.82) is 0 Å². The van der Waals surface area contributed by atoms with Crippen LogP contribution in [0, 0.1) is 0 Å². The summed E-state index contributed by atoms with van der Waals surface area (Å²) in [7, 11) is 1.67. The van der Waals surface area contributed by atoms with Gasteiger partial charge in [-0.05, 0) is 28.1 Å². The molecule has 0 radical (unpaired) electrons. The molecule has 4 nitrogen and oxygen atoms in total. The summed E-state index contributed by atoms with van der Waals surface area (Å²) in [5.41, 5.74) is 3.48. The number of aromatic nitrogens is 2. The highest BCUT2D eigenvalue weighted by molar-refractivity contribution is 9.10. The molecule has 2 aromatic rings. The standard InChI is InChI=1S/C12H12BrN3O/c1-17-9-4-2-3-8(5-9)16-11-7-14-6-10(11)12(13)15-16/h2-5,14H,6-7H2,1H3. The number of fused-ring (bicyclic) bond motifs is 1. The van der Waals surface area contributed by atoms with E-state index in [0.29, 0.717) is 0 Å². The summed E-state index contributed by atoms with van der Waals surface area (Å²) in [6, 6.07) is 7.91. The normalized spacial score (nSPS) is 13.8. The average molecular weight is 294 g/mol. The number of rotatable bonds is 2. The highest BCUT2D eigenvalue weighted by Gasteiger charge is 2.21. The molecule has 3 rings (SSSR count). The summed E-state index contributed by atoms with van der Waals surface area (Å²) in [6.07, 6.45) is 0. The van der Waals surface area contributed by atoms with E-state index in [-0.39, 0.29) is 0 Å². The van der Waals surface area contributed by atoms with Crippen molar-refractivity contribution in [1.82, 2.24) is 15.1 Å². The fourth-order valence-electron chi connectivity index (χ4n) is 2.07. The van der Waals surface area contributed by atoms with Crippen LogP contribution in [-0.2, 0) is 13.1 Å². The van der Waals surface area contributed by atoms with Crippen LogP contribution in [0.2, 0.25) is 0 Å². The van der Waals surface area contributed by atoms with Crippen molar-refractivity contribution in [3.63, 3.8) is 0 Å². The third-order valence-electron chi connectivity index (χ3n) is 2.93. The summed E-state index contributed by atoms with van der Waals surface area (Å²) < 4.78 is 8.11. The lowest BCUT2D eigenvalue weighted by molar-refractivity contribution is 0.414. The van der Waals surface area contributed by atoms with E-state index in [1.165, 1.54) is 11.3 Å². The molecule has 0 saturated heterocycles. The van der Waals surface area contributed by atoms with E-state index < -0.39 is 0 Å². The van der Waals surface area contributed by atoms with E-state index in [2.05, 4.69) is 26.3 Å². The molecule has 1 aromatic carbocycles. The number of hydrogen-bond acceptors (Lipinski definition) is 3. The lowest BCUT2D eigenvalue weighted by Gasteiger charge is -2.07. The van der Waals surface area contributed by atoms with Crippen LogP contribution in [0.25, 0.3) is 5.69 Å². The molecule has 1 N–H and O–H groups in total. The Labute approximate surface area is 108 Å². The van der Waals surface area contributed by atoms with Crippen molar-refractivity contribution in [2.75, 3.05) is 7.11 Å².